The number of nitrogen functional groups attached to an aromatic ring is 1. The van der Waals surface area contributed by atoms with Crippen LogP contribution in [-0.2, 0) is 6.42 Å². The zero-order valence-corrected chi connectivity index (χ0v) is 22.1. The first-order valence-corrected chi connectivity index (χ1v) is 12.7. The van der Waals surface area contributed by atoms with Crippen LogP contribution in [0.25, 0.3) is 11.1 Å². The maximum absolute atomic E-state index is 14.9. The van der Waals surface area contributed by atoms with Crippen molar-refractivity contribution >= 4 is 22.5 Å². The largest absolute Gasteiger partial charge is 0.494 e. The van der Waals surface area contributed by atoms with E-state index in [2.05, 4.69) is 32.8 Å². The van der Waals surface area contributed by atoms with Gasteiger partial charge in [-0.3, -0.25) is 0 Å². The quantitative estimate of drug-likeness (QED) is 0.322. The Hall–Kier alpha value is -3.96. The summed E-state index contributed by atoms with van der Waals surface area (Å²) in [6.45, 7) is 7.19. The number of methoxy groups -OCH3 is 2. The minimum absolute atomic E-state index is 0.100. The van der Waals surface area contributed by atoms with Gasteiger partial charge in [-0.15, -0.1) is 0 Å². The summed E-state index contributed by atoms with van der Waals surface area (Å²) < 4.78 is 45.4. The molecule has 206 valence electrons. The Bertz CT molecular complexity index is 1460. The van der Waals surface area contributed by atoms with E-state index in [0.29, 0.717) is 23.4 Å². The van der Waals surface area contributed by atoms with Crippen LogP contribution in [0.1, 0.15) is 35.7 Å². The van der Waals surface area contributed by atoms with Gasteiger partial charge in [0, 0.05) is 56.1 Å². The summed E-state index contributed by atoms with van der Waals surface area (Å²) >= 11 is 0. The van der Waals surface area contributed by atoms with Crippen molar-refractivity contribution in [3.05, 3.63) is 70.9 Å². The summed E-state index contributed by atoms with van der Waals surface area (Å²) in [4.78, 5) is 13.6. The maximum Gasteiger partial charge on any atom is 0.174 e. The van der Waals surface area contributed by atoms with E-state index < -0.39 is 23.3 Å². The normalized spacial score (nSPS) is 15.1. The van der Waals surface area contributed by atoms with Crippen LogP contribution in [0.5, 0.6) is 11.5 Å². The number of aliphatic hydroxyl groups excluding tert-OH is 1. The lowest BCUT2D eigenvalue weighted by Crippen LogP contribution is -2.46. The van der Waals surface area contributed by atoms with Crippen molar-refractivity contribution in [1.82, 2.24) is 14.9 Å². The van der Waals surface area contributed by atoms with Gasteiger partial charge < -0.3 is 34.5 Å². The van der Waals surface area contributed by atoms with Gasteiger partial charge in [-0.2, -0.15) is 0 Å². The number of hydrogen-bond donors (Lipinski definition) is 2. The van der Waals surface area contributed by atoms with E-state index in [1.807, 2.05) is 12.1 Å². The number of fused-ring (bicyclic) bond motifs is 1. The summed E-state index contributed by atoms with van der Waals surface area (Å²) in [6.07, 6.45) is 0.0734. The Morgan fingerprint density at radius 1 is 1.05 bits per heavy atom. The van der Waals surface area contributed by atoms with E-state index in [4.69, 9.17) is 19.6 Å². The van der Waals surface area contributed by atoms with Crippen LogP contribution in [0.15, 0.2) is 40.9 Å². The van der Waals surface area contributed by atoms with Crippen LogP contribution in [0.4, 0.5) is 20.2 Å². The Morgan fingerprint density at radius 2 is 1.74 bits per heavy atom. The van der Waals surface area contributed by atoms with E-state index in [0.717, 1.165) is 50.0 Å². The van der Waals surface area contributed by atoms with Crippen LogP contribution in [-0.4, -0.2) is 66.9 Å². The third-order valence-electron chi connectivity index (χ3n) is 7.15. The van der Waals surface area contributed by atoms with Crippen LogP contribution < -0.4 is 20.1 Å². The fraction of sp³-hybridized carbons (Fsp3) is 0.357. The van der Waals surface area contributed by atoms with Crippen LogP contribution in [0.2, 0.25) is 0 Å². The third kappa shape index (κ3) is 5.19. The molecule has 4 aromatic rings. The highest BCUT2D eigenvalue weighted by Crippen LogP contribution is 2.38. The average molecular weight is 540 g/mol. The molecule has 1 unspecified atom stereocenters. The van der Waals surface area contributed by atoms with Crippen molar-refractivity contribution in [2.45, 2.75) is 19.4 Å². The second-order valence-electron chi connectivity index (χ2n) is 9.39. The van der Waals surface area contributed by atoms with Gasteiger partial charge in [0.15, 0.2) is 28.7 Å². The number of piperazine rings is 1. The molecule has 2 aromatic carbocycles. The van der Waals surface area contributed by atoms with Crippen molar-refractivity contribution < 1.29 is 27.8 Å². The lowest BCUT2D eigenvalue weighted by atomic mass is 10.0. The molecule has 0 radical (unpaired) electrons. The minimum Gasteiger partial charge on any atom is -0.494 e. The highest BCUT2D eigenvalue weighted by Gasteiger charge is 2.29. The Labute approximate surface area is 224 Å². The number of aromatic nitrogens is 2. The second kappa shape index (κ2) is 11.0. The summed E-state index contributed by atoms with van der Waals surface area (Å²) in [7, 11) is 2.47. The molecular weight excluding hydrogens is 508 g/mol. The third-order valence-corrected chi connectivity index (χ3v) is 7.15. The average Bonchev–Trinajstić information content (AvgIpc) is 3.38. The molecule has 1 saturated heterocycles. The molecule has 1 fully saturated rings. The van der Waals surface area contributed by atoms with Gasteiger partial charge in [0.1, 0.15) is 23.2 Å². The molecule has 3 heterocycles. The number of nitrogens with zero attached hydrogens (tertiary/aromatic N) is 4. The van der Waals surface area contributed by atoms with E-state index in [-0.39, 0.29) is 22.8 Å². The Balaban J connectivity index is 1.37. The van der Waals surface area contributed by atoms with Crippen molar-refractivity contribution in [1.29, 1.82) is 0 Å². The maximum atomic E-state index is 14.9. The zero-order valence-electron chi connectivity index (χ0n) is 22.1. The fourth-order valence-electron chi connectivity index (χ4n) is 4.84. The van der Waals surface area contributed by atoms with E-state index in [1.54, 1.807) is 0 Å². The lowest BCUT2D eigenvalue weighted by Gasteiger charge is -2.35. The summed E-state index contributed by atoms with van der Waals surface area (Å²) in [5.74, 6) is -2.26. The molecule has 39 heavy (non-hydrogen) atoms. The molecule has 0 aliphatic carbocycles. The van der Waals surface area contributed by atoms with Gasteiger partial charge in [-0.1, -0.05) is 13.0 Å². The van der Waals surface area contributed by atoms with Gasteiger partial charge in [-0.05, 0) is 24.2 Å². The number of aliphatic hydroxyl groups is 1. The highest BCUT2D eigenvalue weighted by atomic mass is 19.1. The van der Waals surface area contributed by atoms with Gasteiger partial charge in [0.25, 0.3) is 0 Å². The van der Waals surface area contributed by atoms with E-state index in [9.17, 15) is 13.9 Å². The standard InChI is InChI=1S/C28H31F2N5O4/c1-4-34-7-9-35(10-8-34)17-6-5-16(18(31)12-17)11-24-32-15-23-19(33-24)13-22(39-23)28(36)25-26(29)20(37-2)14-21(38-3)27(25)30/h5-6,12-15,28,36H,4,7-11,31H2,1-3H3. The Kier molecular flexibility index (Phi) is 7.53. The monoisotopic (exact) mass is 539 g/mol. The minimum atomic E-state index is -1.77. The van der Waals surface area contributed by atoms with Gasteiger partial charge >= 0.3 is 0 Å². The molecule has 0 saturated carbocycles. The molecule has 1 aliphatic heterocycles. The van der Waals surface area contributed by atoms with E-state index in [1.165, 1.54) is 26.5 Å². The zero-order chi connectivity index (χ0) is 27.7. The molecular formula is C28H31F2N5O4. The number of ether oxygens (including phenoxy) is 2. The van der Waals surface area contributed by atoms with Crippen LogP contribution in [0, 0.1) is 11.6 Å². The first kappa shape index (κ1) is 26.6. The lowest BCUT2D eigenvalue weighted by molar-refractivity contribution is 0.179. The smallest absolute Gasteiger partial charge is 0.174 e. The molecule has 9 nitrogen and oxygen atoms in total. The molecule has 0 amide bonds. The number of benzene rings is 2. The number of halogens is 2. The SMILES string of the molecule is CCN1CCN(c2ccc(Cc3ncc4oc(C(O)c5c(F)c(OC)cc(OC)c5F)cc4n3)c(N)c2)CC1. The molecule has 5 rings (SSSR count). The van der Waals surface area contributed by atoms with Crippen molar-refractivity contribution in [3.63, 3.8) is 0 Å². The first-order valence-electron chi connectivity index (χ1n) is 12.7. The molecule has 11 heteroatoms. The van der Waals surface area contributed by atoms with Crippen molar-refractivity contribution in [3.8, 4) is 11.5 Å². The molecule has 2 aromatic heterocycles. The van der Waals surface area contributed by atoms with Gasteiger partial charge in [-0.25, -0.2) is 18.7 Å². The topological polar surface area (TPSA) is 110 Å². The number of furan rings is 1. The van der Waals surface area contributed by atoms with Crippen LogP contribution >= 0.6 is 0 Å². The first-order chi connectivity index (χ1) is 18.8. The van der Waals surface area contributed by atoms with Crippen molar-refractivity contribution in [2.75, 3.05) is 57.6 Å². The van der Waals surface area contributed by atoms with E-state index >= 15 is 0 Å². The number of rotatable bonds is 8. The number of anilines is 2. The summed E-state index contributed by atoms with van der Waals surface area (Å²) in [5, 5.41) is 10.8. The predicted molar refractivity (Wildman–Crippen MR) is 143 cm³/mol. The van der Waals surface area contributed by atoms with Crippen LogP contribution in [0.3, 0.4) is 0 Å². The number of nitrogens with two attached hydrogens (primary N) is 1. The summed E-state index contributed by atoms with van der Waals surface area (Å²) in [6, 6.07) is 8.52. The molecule has 1 aliphatic rings. The highest BCUT2D eigenvalue weighted by molar-refractivity contribution is 5.72. The molecule has 0 bridgehead atoms. The van der Waals surface area contributed by atoms with Gasteiger partial charge in [0.05, 0.1) is 26.0 Å². The number of likely N-dealkylation sites (N-methyl/N-ethyl adjacent to an activating group) is 1. The fourth-order valence-corrected chi connectivity index (χ4v) is 4.84. The molecule has 1 atom stereocenters. The molecule has 3 N–H and O–H groups in total. The predicted octanol–water partition coefficient (Wildman–Crippen LogP) is 3.91. The van der Waals surface area contributed by atoms with Gasteiger partial charge in [0.2, 0.25) is 0 Å². The second-order valence-corrected chi connectivity index (χ2v) is 9.39. The van der Waals surface area contributed by atoms with Crippen molar-refractivity contribution in [2.24, 2.45) is 0 Å². The summed E-state index contributed by atoms with van der Waals surface area (Å²) in [5.41, 5.74) is 9.00. The number of hydrogen-bond acceptors (Lipinski definition) is 9. The molecule has 0 spiro atoms. The Morgan fingerprint density at radius 3 is 2.36 bits per heavy atom.